The summed E-state index contributed by atoms with van der Waals surface area (Å²) in [5.41, 5.74) is 3.50. The number of benzene rings is 2. The fourth-order valence-electron chi connectivity index (χ4n) is 4.12. The average Bonchev–Trinajstić information content (AvgIpc) is 2.81. The van der Waals surface area contributed by atoms with Crippen LogP contribution in [-0.2, 0) is 11.2 Å². The fourth-order valence-corrected chi connectivity index (χ4v) is 4.12. The predicted octanol–water partition coefficient (Wildman–Crippen LogP) is 5.41. The summed E-state index contributed by atoms with van der Waals surface area (Å²) in [6.45, 7) is 0.576. The number of pyridine rings is 1. The largest absolute Gasteiger partial charge is 0.493 e. The number of esters is 1. The maximum absolute atomic E-state index is 14.2. The van der Waals surface area contributed by atoms with Crippen LogP contribution in [0, 0.1) is 11.6 Å². The first-order chi connectivity index (χ1) is 15.5. The van der Waals surface area contributed by atoms with E-state index in [-0.39, 0.29) is 17.6 Å². The molecule has 0 saturated heterocycles. The molecule has 1 aliphatic rings. The summed E-state index contributed by atoms with van der Waals surface area (Å²) in [5, 5.41) is 0. The number of halogens is 2. The summed E-state index contributed by atoms with van der Waals surface area (Å²) in [5.74, 6) is -0.587. The SMILES string of the molecule is COC(=O)c1ccncc1CC[C@@H]1CCOc2cc(N(C)c3ccc(F)cc3F)ccc21. The van der Waals surface area contributed by atoms with E-state index in [9.17, 15) is 13.6 Å². The van der Waals surface area contributed by atoms with Gasteiger partial charge in [0, 0.05) is 37.3 Å². The van der Waals surface area contributed by atoms with Gasteiger partial charge in [-0.3, -0.25) is 4.98 Å². The molecule has 0 fully saturated rings. The van der Waals surface area contributed by atoms with Crippen LogP contribution in [0.2, 0.25) is 0 Å². The third-order valence-electron chi connectivity index (χ3n) is 5.89. The minimum atomic E-state index is -0.623. The normalized spacial score (nSPS) is 14.9. The molecule has 7 heteroatoms. The van der Waals surface area contributed by atoms with Crippen molar-refractivity contribution in [3.05, 3.63) is 83.2 Å². The van der Waals surface area contributed by atoms with Crippen molar-refractivity contribution >= 4 is 17.3 Å². The molecule has 0 bridgehead atoms. The third-order valence-corrected chi connectivity index (χ3v) is 5.89. The fraction of sp³-hybridized carbons (Fsp3) is 0.280. The van der Waals surface area contributed by atoms with Gasteiger partial charge in [0.05, 0.1) is 25.0 Å². The van der Waals surface area contributed by atoms with Crippen LogP contribution in [0.25, 0.3) is 0 Å². The Hall–Kier alpha value is -3.48. The van der Waals surface area contributed by atoms with Crippen molar-refractivity contribution in [1.29, 1.82) is 0 Å². The standard InChI is InChI=1S/C25H24F2N2O3/c1-29(23-8-5-18(26)13-22(23)27)19-6-7-20-16(10-12-32-24(20)14-19)3-4-17-15-28-11-9-21(17)25(30)31-2/h5-9,11,13-16H,3-4,10,12H2,1-2H3/t16-/m1/s1. The van der Waals surface area contributed by atoms with E-state index in [0.717, 1.165) is 41.5 Å². The van der Waals surface area contributed by atoms with Crippen molar-refractivity contribution in [2.45, 2.75) is 25.2 Å². The molecule has 5 nitrogen and oxygen atoms in total. The van der Waals surface area contributed by atoms with E-state index in [0.29, 0.717) is 18.6 Å². The summed E-state index contributed by atoms with van der Waals surface area (Å²) >= 11 is 0. The molecule has 2 heterocycles. The Kier molecular flexibility index (Phi) is 6.35. The highest BCUT2D eigenvalue weighted by molar-refractivity contribution is 5.90. The van der Waals surface area contributed by atoms with Crippen LogP contribution in [-0.4, -0.2) is 31.7 Å². The summed E-state index contributed by atoms with van der Waals surface area (Å²) in [6.07, 6.45) is 5.67. The van der Waals surface area contributed by atoms with E-state index >= 15 is 0 Å². The molecule has 1 aromatic heterocycles. The van der Waals surface area contributed by atoms with Crippen LogP contribution in [0.15, 0.2) is 54.9 Å². The molecule has 0 amide bonds. The predicted molar refractivity (Wildman–Crippen MR) is 118 cm³/mol. The minimum Gasteiger partial charge on any atom is -0.493 e. The third kappa shape index (κ3) is 4.42. The number of nitrogens with zero attached hydrogens (tertiary/aromatic N) is 2. The molecule has 3 aromatic rings. The number of hydrogen-bond acceptors (Lipinski definition) is 5. The molecule has 0 unspecified atom stereocenters. The number of rotatable bonds is 6. The van der Waals surface area contributed by atoms with Crippen LogP contribution in [0.4, 0.5) is 20.2 Å². The van der Waals surface area contributed by atoms with Gasteiger partial charge in [-0.1, -0.05) is 6.07 Å². The van der Waals surface area contributed by atoms with Crippen LogP contribution < -0.4 is 9.64 Å². The Labute approximate surface area is 185 Å². The molecule has 32 heavy (non-hydrogen) atoms. The summed E-state index contributed by atoms with van der Waals surface area (Å²) in [4.78, 5) is 17.8. The number of aromatic nitrogens is 1. The maximum atomic E-state index is 14.2. The molecule has 0 spiro atoms. The molecule has 0 N–H and O–H groups in total. The molecule has 1 atom stereocenters. The van der Waals surface area contributed by atoms with Gasteiger partial charge in [-0.2, -0.15) is 0 Å². The number of carbonyl (C=O) groups excluding carboxylic acids is 1. The van der Waals surface area contributed by atoms with Crippen molar-refractivity contribution in [2.75, 3.05) is 25.7 Å². The smallest absolute Gasteiger partial charge is 0.338 e. The van der Waals surface area contributed by atoms with Gasteiger partial charge in [-0.15, -0.1) is 0 Å². The molecule has 0 radical (unpaired) electrons. The van der Waals surface area contributed by atoms with E-state index < -0.39 is 11.6 Å². The highest BCUT2D eigenvalue weighted by Crippen LogP contribution is 2.40. The van der Waals surface area contributed by atoms with Gasteiger partial charge in [-0.25, -0.2) is 13.6 Å². The first-order valence-electron chi connectivity index (χ1n) is 10.4. The van der Waals surface area contributed by atoms with E-state index in [4.69, 9.17) is 9.47 Å². The van der Waals surface area contributed by atoms with Gasteiger partial charge in [-0.05, 0) is 60.6 Å². The molecule has 1 aliphatic heterocycles. The zero-order chi connectivity index (χ0) is 22.7. The monoisotopic (exact) mass is 438 g/mol. The maximum Gasteiger partial charge on any atom is 0.338 e. The van der Waals surface area contributed by atoms with Gasteiger partial charge >= 0.3 is 5.97 Å². The van der Waals surface area contributed by atoms with Gasteiger partial charge in [0.25, 0.3) is 0 Å². The van der Waals surface area contributed by atoms with Crippen molar-refractivity contribution in [2.24, 2.45) is 0 Å². The van der Waals surface area contributed by atoms with Gasteiger partial charge in [0.1, 0.15) is 17.4 Å². The Balaban J connectivity index is 1.53. The Morgan fingerprint density at radius 1 is 1.22 bits per heavy atom. The van der Waals surface area contributed by atoms with Gasteiger partial charge in [0.15, 0.2) is 0 Å². The zero-order valence-corrected chi connectivity index (χ0v) is 18.0. The van der Waals surface area contributed by atoms with E-state index in [1.165, 1.54) is 19.2 Å². The number of ether oxygens (including phenoxy) is 2. The van der Waals surface area contributed by atoms with Crippen molar-refractivity contribution in [1.82, 2.24) is 4.98 Å². The van der Waals surface area contributed by atoms with Crippen molar-refractivity contribution in [3.8, 4) is 5.75 Å². The van der Waals surface area contributed by atoms with Crippen LogP contribution in [0.1, 0.15) is 40.2 Å². The van der Waals surface area contributed by atoms with Crippen LogP contribution >= 0.6 is 0 Å². The molecular weight excluding hydrogens is 414 g/mol. The van der Waals surface area contributed by atoms with E-state index in [1.807, 2.05) is 18.2 Å². The second-order valence-electron chi connectivity index (χ2n) is 7.77. The molecular formula is C25H24F2N2O3. The first kappa shape index (κ1) is 21.7. The van der Waals surface area contributed by atoms with Crippen molar-refractivity contribution in [3.63, 3.8) is 0 Å². The molecule has 0 saturated carbocycles. The van der Waals surface area contributed by atoms with E-state index in [1.54, 1.807) is 30.4 Å². The highest BCUT2D eigenvalue weighted by atomic mass is 19.1. The lowest BCUT2D eigenvalue weighted by Crippen LogP contribution is -2.17. The minimum absolute atomic E-state index is 0.256. The van der Waals surface area contributed by atoms with Crippen molar-refractivity contribution < 1.29 is 23.0 Å². The second kappa shape index (κ2) is 9.34. The molecule has 0 aliphatic carbocycles. The lowest BCUT2D eigenvalue weighted by molar-refractivity contribution is 0.0599. The van der Waals surface area contributed by atoms with Gasteiger partial charge < -0.3 is 14.4 Å². The number of hydrogen-bond donors (Lipinski definition) is 0. The highest BCUT2D eigenvalue weighted by Gasteiger charge is 2.24. The second-order valence-corrected chi connectivity index (χ2v) is 7.77. The Bertz CT molecular complexity index is 1140. The summed E-state index contributed by atoms with van der Waals surface area (Å²) in [7, 11) is 3.10. The summed E-state index contributed by atoms with van der Waals surface area (Å²) in [6, 6.07) is 11.0. The number of methoxy groups -OCH3 is 1. The first-order valence-corrected chi connectivity index (χ1v) is 10.4. The Morgan fingerprint density at radius 3 is 2.84 bits per heavy atom. The van der Waals surface area contributed by atoms with Crippen LogP contribution in [0.3, 0.4) is 0 Å². The topological polar surface area (TPSA) is 51.7 Å². The number of aryl methyl sites for hydroxylation is 1. The Morgan fingerprint density at radius 2 is 2.06 bits per heavy atom. The van der Waals surface area contributed by atoms with E-state index in [2.05, 4.69) is 4.98 Å². The number of fused-ring (bicyclic) bond motifs is 1. The lowest BCUT2D eigenvalue weighted by Gasteiger charge is -2.28. The molecule has 166 valence electrons. The molecule has 4 rings (SSSR count). The summed E-state index contributed by atoms with van der Waals surface area (Å²) < 4.78 is 38.2. The molecule has 2 aromatic carbocycles. The van der Waals surface area contributed by atoms with Crippen LogP contribution in [0.5, 0.6) is 5.75 Å². The average molecular weight is 438 g/mol. The number of carbonyl (C=O) groups is 1. The lowest BCUT2D eigenvalue weighted by atomic mass is 9.87. The number of anilines is 2. The quantitative estimate of drug-likeness (QED) is 0.482. The zero-order valence-electron chi connectivity index (χ0n) is 18.0. The van der Waals surface area contributed by atoms with Gasteiger partial charge in [0.2, 0.25) is 0 Å².